The Labute approximate surface area is 143 Å². The number of benzene rings is 2. The van der Waals surface area contributed by atoms with Crippen molar-refractivity contribution >= 4 is 29.2 Å². The molecule has 0 saturated carbocycles. The van der Waals surface area contributed by atoms with Crippen LogP contribution in [0.2, 0.25) is 5.02 Å². The summed E-state index contributed by atoms with van der Waals surface area (Å²) in [4.78, 5) is 23.3. The minimum absolute atomic E-state index is 0.0616. The Morgan fingerprint density at radius 1 is 1.17 bits per heavy atom. The zero-order chi connectivity index (χ0) is 17.5. The van der Waals surface area contributed by atoms with E-state index >= 15 is 0 Å². The van der Waals surface area contributed by atoms with Crippen molar-refractivity contribution in [1.82, 2.24) is 0 Å². The number of amides is 1. The Balaban J connectivity index is 1.78. The largest absolute Gasteiger partial charge is 0.479 e. The highest BCUT2D eigenvalue weighted by molar-refractivity contribution is 6.31. The molecular weight excluding hydrogens is 337 g/mol. The van der Waals surface area contributed by atoms with E-state index in [-0.39, 0.29) is 5.75 Å². The predicted octanol–water partition coefficient (Wildman–Crippen LogP) is 3.35. The highest BCUT2D eigenvalue weighted by Crippen LogP contribution is 2.20. The molecule has 2 aromatic carbocycles. The fraction of sp³-hybridized carbons (Fsp3) is 0.176. The minimum Gasteiger partial charge on any atom is -0.479 e. The lowest BCUT2D eigenvalue weighted by Gasteiger charge is -2.10. The third kappa shape index (κ3) is 5.24. The number of carbonyl (C=O) groups is 2. The summed E-state index contributed by atoms with van der Waals surface area (Å²) in [5.74, 6) is -1.94. The maximum Gasteiger partial charge on any atom is 0.344 e. The summed E-state index contributed by atoms with van der Waals surface area (Å²) < 4.78 is 23.1. The molecule has 0 aromatic heterocycles. The van der Waals surface area contributed by atoms with Gasteiger partial charge in [0.25, 0.3) is 5.91 Å². The summed E-state index contributed by atoms with van der Waals surface area (Å²) in [6, 6.07) is 10.7. The number of esters is 1. The van der Waals surface area contributed by atoms with Gasteiger partial charge in [0.2, 0.25) is 0 Å². The van der Waals surface area contributed by atoms with Gasteiger partial charge in [-0.05, 0) is 36.8 Å². The first kappa shape index (κ1) is 17.7. The van der Waals surface area contributed by atoms with Gasteiger partial charge < -0.3 is 14.8 Å². The first-order valence-electron chi connectivity index (χ1n) is 7.04. The molecule has 7 heteroatoms. The van der Waals surface area contributed by atoms with Gasteiger partial charge in [0.1, 0.15) is 0 Å². The zero-order valence-electron chi connectivity index (χ0n) is 12.8. The summed E-state index contributed by atoms with van der Waals surface area (Å²) in [6.07, 6.45) is 0. The molecule has 0 bridgehead atoms. The Morgan fingerprint density at radius 2 is 1.92 bits per heavy atom. The monoisotopic (exact) mass is 351 g/mol. The van der Waals surface area contributed by atoms with Crippen molar-refractivity contribution in [2.24, 2.45) is 0 Å². The van der Waals surface area contributed by atoms with Gasteiger partial charge in [-0.25, -0.2) is 9.18 Å². The summed E-state index contributed by atoms with van der Waals surface area (Å²) >= 11 is 5.86. The van der Waals surface area contributed by atoms with Gasteiger partial charge in [-0.1, -0.05) is 29.8 Å². The fourth-order valence-corrected chi connectivity index (χ4v) is 1.97. The van der Waals surface area contributed by atoms with E-state index in [0.717, 1.165) is 5.56 Å². The molecule has 0 fully saturated rings. The first-order chi connectivity index (χ1) is 11.5. The number of rotatable bonds is 6. The number of hydrogen-bond donors (Lipinski definition) is 1. The second kappa shape index (κ2) is 8.31. The van der Waals surface area contributed by atoms with Crippen LogP contribution in [0.15, 0.2) is 42.5 Å². The summed E-state index contributed by atoms with van der Waals surface area (Å²) in [5, 5.41) is 3.07. The van der Waals surface area contributed by atoms with Gasteiger partial charge >= 0.3 is 5.97 Å². The van der Waals surface area contributed by atoms with Crippen LogP contribution >= 0.6 is 11.6 Å². The predicted molar refractivity (Wildman–Crippen MR) is 87.7 cm³/mol. The summed E-state index contributed by atoms with van der Waals surface area (Å²) in [7, 11) is 0. The van der Waals surface area contributed by atoms with Crippen molar-refractivity contribution in [2.45, 2.75) is 6.92 Å². The number of halogens is 2. The van der Waals surface area contributed by atoms with Crippen LogP contribution in [0.5, 0.6) is 5.75 Å². The number of anilines is 1. The fourth-order valence-electron chi connectivity index (χ4n) is 1.80. The van der Waals surface area contributed by atoms with Crippen LogP contribution in [-0.2, 0) is 14.3 Å². The van der Waals surface area contributed by atoms with E-state index in [0.29, 0.717) is 10.7 Å². The summed E-state index contributed by atoms with van der Waals surface area (Å²) in [5.41, 5.74) is 1.35. The molecular formula is C17H15ClFNO4. The second-order valence-corrected chi connectivity index (χ2v) is 5.32. The van der Waals surface area contributed by atoms with Gasteiger partial charge in [0.15, 0.2) is 24.8 Å². The molecule has 0 spiro atoms. The lowest BCUT2D eigenvalue weighted by atomic mass is 10.2. The molecule has 0 atom stereocenters. The van der Waals surface area contributed by atoms with Crippen molar-refractivity contribution in [2.75, 3.05) is 18.5 Å². The van der Waals surface area contributed by atoms with Gasteiger partial charge in [-0.15, -0.1) is 0 Å². The molecule has 126 valence electrons. The SMILES string of the molecule is Cc1ccc(Cl)cc1NC(=O)COC(=O)COc1ccccc1F. The molecule has 5 nitrogen and oxygen atoms in total. The van der Waals surface area contributed by atoms with Crippen molar-refractivity contribution in [3.63, 3.8) is 0 Å². The molecule has 1 N–H and O–H groups in total. The van der Waals surface area contributed by atoms with Gasteiger partial charge in [-0.2, -0.15) is 0 Å². The van der Waals surface area contributed by atoms with Crippen molar-refractivity contribution in [3.8, 4) is 5.75 Å². The van der Waals surface area contributed by atoms with Gasteiger partial charge in [-0.3, -0.25) is 4.79 Å². The molecule has 0 heterocycles. The number of ether oxygens (including phenoxy) is 2. The van der Waals surface area contributed by atoms with E-state index in [1.807, 2.05) is 0 Å². The lowest BCUT2D eigenvalue weighted by molar-refractivity contribution is -0.149. The normalized spacial score (nSPS) is 10.1. The molecule has 0 aliphatic heterocycles. The van der Waals surface area contributed by atoms with E-state index in [4.69, 9.17) is 21.1 Å². The van der Waals surface area contributed by atoms with Crippen molar-refractivity contribution in [3.05, 3.63) is 58.9 Å². The van der Waals surface area contributed by atoms with E-state index in [1.165, 1.54) is 18.2 Å². The number of hydrogen-bond acceptors (Lipinski definition) is 4. The maximum atomic E-state index is 13.3. The molecule has 24 heavy (non-hydrogen) atoms. The van der Waals surface area contributed by atoms with Crippen LogP contribution in [0.3, 0.4) is 0 Å². The van der Waals surface area contributed by atoms with Crippen molar-refractivity contribution < 1.29 is 23.5 Å². The van der Waals surface area contributed by atoms with E-state index < -0.39 is 30.9 Å². The smallest absolute Gasteiger partial charge is 0.344 e. The first-order valence-corrected chi connectivity index (χ1v) is 7.42. The molecule has 2 rings (SSSR count). The lowest BCUT2D eigenvalue weighted by Crippen LogP contribution is -2.24. The number of carbonyl (C=O) groups excluding carboxylic acids is 2. The number of aryl methyl sites for hydroxylation is 1. The van der Waals surface area contributed by atoms with E-state index in [1.54, 1.807) is 31.2 Å². The van der Waals surface area contributed by atoms with Gasteiger partial charge in [0, 0.05) is 10.7 Å². The molecule has 1 amide bonds. The van der Waals surface area contributed by atoms with Crippen LogP contribution in [-0.4, -0.2) is 25.1 Å². The average molecular weight is 352 g/mol. The highest BCUT2D eigenvalue weighted by Gasteiger charge is 2.11. The molecule has 0 saturated heterocycles. The van der Waals surface area contributed by atoms with Crippen LogP contribution in [0.1, 0.15) is 5.56 Å². The van der Waals surface area contributed by atoms with Gasteiger partial charge in [0.05, 0.1) is 0 Å². The Bertz CT molecular complexity index is 751. The van der Waals surface area contributed by atoms with Crippen molar-refractivity contribution in [1.29, 1.82) is 0 Å². The Morgan fingerprint density at radius 3 is 2.67 bits per heavy atom. The molecule has 0 unspecified atom stereocenters. The number of para-hydroxylation sites is 1. The van der Waals surface area contributed by atoms with Crippen LogP contribution in [0.4, 0.5) is 10.1 Å². The highest BCUT2D eigenvalue weighted by atomic mass is 35.5. The Kier molecular flexibility index (Phi) is 6.14. The average Bonchev–Trinajstić information content (AvgIpc) is 2.55. The zero-order valence-corrected chi connectivity index (χ0v) is 13.6. The Hall–Kier alpha value is -2.60. The maximum absolute atomic E-state index is 13.3. The molecule has 0 aliphatic rings. The third-order valence-electron chi connectivity index (χ3n) is 3.02. The van der Waals surface area contributed by atoms with Crippen LogP contribution < -0.4 is 10.1 Å². The molecule has 0 aliphatic carbocycles. The third-order valence-corrected chi connectivity index (χ3v) is 3.26. The minimum atomic E-state index is -0.781. The molecule has 2 aromatic rings. The topological polar surface area (TPSA) is 64.6 Å². The quantitative estimate of drug-likeness (QED) is 0.811. The molecule has 0 radical (unpaired) electrons. The van der Waals surface area contributed by atoms with Crippen LogP contribution in [0, 0.1) is 12.7 Å². The van der Waals surface area contributed by atoms with Crippen LogP contribution in [0.25, 0.3) is 0 Å². The summed E-state index contributed by atoms with van der Waals surface area (Å²) in [6.45, 7) is 0.829. The number of nitrogens with one attached hydrogen (secondary N) is 1. The second-order valence-electron chi connectivity index (χ2n) is 4.89. The van der Waals surface area contributed by atoms with E-state index in [2.05, 4.69) is 5.32 Å². The standard InChI is InChI=1S/C17H15ClFNO4/c1-11-6-7-12(18)8-14(11)20-16(21)9-24-17(22)10-23-15-5-3-2-4-13(15)19/h2-8H,9-10H2,1H3,(H,20,21). The van der Waals surface area contributed by atoms with E-state index in [9.17, 15) is 14.0 Å².